The molecule has 1 atom stereocenters. The molecule has 1 unspecified atom stereocenters. The number of pyridine rings is 1. The number of aromatic nitrogens is 2. The summed E-state index contributed by atoms with van der Waals surface area (Å²) >= 11 is 5.47. The molecule has 0 fully saturated rings. The first kappa shape index (κ1) is 23.9. The number of methoxy groups -OCH3 is 1. The van der Waals surface area contributed by atoms with Crippen molar-refractivity contribution < 1.29 is 28.5 Å². The largest absolute Gasteiger partial charge is 0.475 e. The molecular weight excluding hydrogens is 430 g/mol. The molecule has 9 nitrogen and oxygen atoms in total. The fourth-order valence-electron chi connectivity index (χ4n) is 2.26. The van der Waals surface area contributed by atoms with Crippen molar-refractivity contribution in [1.29, 1.82) is 0 Å². The number of nitrogens with one attached hydrogen (secondary N) is 1. The Kier molecular flexibility index (Phi) is 9.34. The van der Waals surface area contributed by atoms with Crippen molar-refractivity contribution in [3.8, 4) is 11.8 Å². The molecule has 30 heavy (non-hydrogen) atoms. The molecule has 0 radical (unpaired) electrons. The van der Waals surface area contributed by atoms with Crippen molar-refractivity contribution in [2.24, 2.45) is 0 Å². The van der Waals surface area contributed by atoms with Crippen molar-refractivity contribution in [1.82, 2.24) is 9.97 Å². The molecule has 0 bridgehead atoms. The van der Waals surface area contributed by atoms with Gasteiger partial charge < -0.3 is 18.9 Å². The highest BCUT2D eigenvalue weighted by atomic mass is 32.1. The predicted octanol–water partition coefficient (Wildman–Crippen LogP) is 2.96. The molecule has 0 aliphatic carbocycles. The van der Waals surface area contributed by atoms with Gasteiger partial charge in [0.25, 0.3) is 5.91 Å². The summed E-state index contributed by atoms with van der Waals surface area (Å²) < 4.78 is 21.1. The average Bonchev–Trinajstić information content (AvgIpc) is 3.07. The second kappa shape index (κ2) is 11.7. The van der Waals surface area contributed by atoms with E-state index in [4.69, 9.17) is 18.9 Å². The molecule has 0 aromatic carbocycles. The van der Waals surface area contributed by atoms with E-state index in [1.54, 1.807) is 12.3 Å². The highest BCUT2D eigenvalue weighted by Gasteiger charge is 2.16. The number of carbonyl (C=O) groups is 2. The number of thiol groups is 1. The number of rotatable bonds is 11. The molecule has 0 spiro atoms. The van der Waals surface area contributed by atoms with Crippen LogP contribution in [0, 0.1) is 0 Å². The molecule has 0 aliphatic rings. The van der Waals surface area contributed by atoms with Crippen LogP contribution in [0.1, 0.15) is 36.8 Å². The molecule has 2 heterocycles. The van der Waals surface area contributed by atoms with E-state index >= 15 is 0 Å². The van der Waals surface area contributed by atoms with E-state index in [1.807, 2.05) is 13.8 Å². The van der Waals surface area contributed by atoms with Gasteiger partial charge in [-0.2, -0.15) is 4.98 Å². The zero-order valence-corrected chi connectivity index (χ0v) is 18.9. The van der Waals surface area contributed by atoms with Crippen LogP contribution in [-0.4, -0.2) is 53.7 Å². The highest BCUT2D eigenvalue weighted by Crippen LogP contribution is 2.23. The fourth-order valence-corrected chi connectivity index (χ4v) is 3.23. The molecule has 11 heteroatoms. The maximum atomic E-state index is 12.7. The van der Waals surface area contributed by atoms with Crippen molar-refractivity contribution in [2.75, 3.05) is 25.6 Å². The molecule has 164 valence electrons. The van der Waals surface area contributed by atoms with Crippen LogP contribution in [0.3, 0.4) is 0 Å². The molecule has 2 aromatic rings. The molecular formula is C19H25N3O6S2. The Bertz CT molecular complexity index is 859. The number of esters is 1. The fraction of sp³-hybridized carbons (Fsp3) is 0.474. The van der Waals surface area contributed by atoms with Gasteiger partial charge in [-0.25, -0.2) is 4.98 Å². The number of nitrogens with zero attached hydrogens (tertiary/aromatic N) is 2. The van der Waals surface area contributed by atoms with Crippen molar-refractivity contribution in [3.63, 3.8) is 0 Å². The number of thiazole rings is 1. The van der Waals surface area contributed by atoms with Crippen LogP contribution in [0.5, 0.6) is 11.8 Å². The lowest BCUT2D eigenvalue weighted by Crippen LogP contribution is -2.18. The monoisotopic (exact) mass is 455 g/mol. The van der Waals surface area contributed by atoms with Gasteiger partial charge in [0.1, 0.15) is 0 Å². The Balaban J connectivity index is 2.15. The number of amides is 1. The minimum absolute atomic E-state index is 0.0443. The molecule has 1 N–H and O–H groups in total. The zero-order valence-electron chi connectivity index (χ0n) is 17.2. The second-order valence-electron chi connectivity index (χ2n) is 6.31. The van der Waals surface area contributed by atoms with E-state index in [0.717, 1.165) is 0 Å². The van der Waals surface area contributed by atoms with Crippen LogP contribution in [0.15, 0.2) is 17.5 Å². The number of carbonyl (C=O) groups excluding carboxylic acids is 2. The van der Waals surface area contributed by atoms with E-state index in [1.165, 1.54) is 30.6 Å². The Morgan fingerprint density at radius 1 is 1.20 bits per heavy atom. The third-order valence-corrected chi connectivity index (χ3v) is 4.43. The number of hydrogen-bond acceptors (Lipinski definition) is 10. The minimum Gasteiger partial charge on any atom is -0.475 e. The summed E-state index contributed by atoms with van der Waals surface area (Å²) in [4.78, 5) is 32.8. The molecule has 2 rings (SSSR count). The molecule has 0 saturated carbocycles. The maximum Gasteiger partial charge on any atom is 0.311 e. The zero-order chi connectivity index (χ0) is 22.1. The quantitative estimate of drug-likeness (QED) is 0.302. The van der Waals surface area contributed by atoms with Gasteiger partial charge in [0.2, 0.25) is 11.8 Å². The van der Waals surface area contributed by atoms with Gasteiger partial charge in [-0.05, 0) is 20.8 Å². The molecule has 0 aliphatic heterocycles. The van der Waals surface area contributed by atoms with E-state index in [9.17, 15) is 9.59 Å². The van der Waals surface area contributed by atoms with Gasteiger partial charge in [-0.15, -0.1) is 24.0 Å². The van der Waals surface area contributed by atoms with Crippen molar-refractivity contribution in [2.45, 2.75) is 38.7 Å². The van der Waals surface area contributed by atoms with Gasteiger partial charge >= 0.3 is 5.97 Å². The molecule has 0 saturated heterocycles. The highest BCUT2D eigenvalue weighted by molar-refractivity contribution is 7.80. The number of ether oxygens (including phenoxy) is 4. The first-order chi connectivity index (χ1) is 14.3. The van der Waals surface area contributed by atoms with E-state index in [0.29, 0.717) is 17.4 Å². The SMILES string of the molecule is CCOC(=O)Cc1csc(NC(=O)c2cc(OC(C)C)nc(OC(S)COC)c2)n1. The summed E-state index contributed by atoms with van der Waals surface area (Å²) in [6.45, 7) is 5.98. The Morgan fingerprint density at radius 3 is 2.53 bits per heavy atom. The summed E-state index contributed by atoms with van der Waals surface area (Å²) in [5, 5.41) is 4.75. The lowest BCUT2D eigenvalue weighted by atomic mass is 10.2. The molecule has 2 aromatic heterocycles. The first-order valence-corrected chi connectivity index (χ1v) is 10.6. The summed E-state index contributed by atoms with van der Waals surface area (Å²) in [5.41, 5.74) is 0.238. The number of hydrogen-bond donors (Lipinski definition) is 2. The van der Waals surface area contributed by atoms with Crippen LogP contribution in [0.4, 0.5) is 5.13 Å². The lowest BCUT2D eigenvalue weighted by molar-refractivity contribution is -0.142. The van der Waals surface area contributed by atoms with Gasteiger partial charge in [0.15, 0.2) is 10.6 Å². The van der Waals surface area contributed by atoms with Crippen molar-refractivity contribution >= 4 is 41.0 Å². The second-order valence-corrected chi connectivity index (χ2v) is 7.74. The van der Waals surface area contributed by atoms with Crippen LogP contribution in [-0.2, 0) is 20.7 Å². The maximum absolute atomic E-state index is 12.7. The first-order valence-electron chi connectivity index (χ1n) is 9.24. The van der Waals surface area contributed by atoms with Crippen LogP contribution >= 0.6 is 24.0 Å². The van der Waals surface area contributed by atoms with Gasteiger partial charge in [0, 0.05) is 24.6 Å². The Labute approximate surface area is 184 Å². The molecule has 1 amide bonds. The standard InChI is InChI=1S/C19H25N3O6S2/c1-5-26-16(23)8-13-10-30-19(20-13)22-18(24)12-6-14(27-11(2)3)21-15(7-12)28-17(29)9-25-4/h6-7,10-11,17,29H,5,8-9H2,1-4H3,(H,20,22,24). The Hall–Kier alpha value is -2.37. The van der Waals surface area contributed by atoms with Crippen LogP contribution in [0.25, 0.3) is 0 Å². The summed E-state index contributed by atoms with van der Waals surface area (Å²) in [6.07, 6.45) is -0.0957. The van der Waals surface area contributed by atoms with E-state index in [2.05, 4.69) is 27.9 Å². The minimum atomic E-state index is -0.558. The van der Waals surface area contributed by atoms with Crippen LogP contribution in [0.2, 0.25) is 0 Å². The van der Waals surface area contributed by atoms with Gasteiger partial charge in [-0.3, -0.25) is 14.9 Å². The van der Waals surface area contributed by atoms with Crippen molar-refractivity contribution in [3.05, 3.63) is 28.8 Å². The topological polar surface area (TPSA) is 109 Å². The van der Waals surface area contributed by atoms with E-state index < -0.39 is 11.3 Å². The summed E-state index contributed by atoms with van der Waals surface area (Å²) in [7, 11) is 1.53. The predicted molar refractivity (Wildman–Crippen MR) is 116 cm³/mol. The third kappa shape index (κ3) is 7.81. The van der Waals surface area contributed by atoms with Gasteiger partial charge in [0.05, 0.1) is 37.0 Å². The average molecular weight is 456 g/mol. The number of anilines is 1. The lowest BCUT2D eigenvalue weighted by Gasteiger charge is -2.15. The smallest absolute Gasteiger partial charge is 0.311 e. The summed E-state index contributed by atoms with van der Waals surface area (Å²) in [5.74, 6) is -0.370. The normalized spacial score (nSPS) is 11.8. The van der Waals surface area contributed by atoms with Crippen LogP contribution < -0.4 is 14.8 Å². The third-order valence-electron chi connectivity index (χ3n) is 3.37. The Morgan fingerprint density at radius 2 is 1.90 bits per heavy atom. The van der Waals surface area contributed by atoms with E-state index in [-0.39, 0.29) is 42.4 Å². The van der Waals surface area contributed by atoms with Gasteiger partial charge in [-0.1, -0.05) is 0 Å². The summed E-state index contributed by atoms with van der Waals surface area (Å²) in [6, 6.07) is 2.99.